The molecule has 7 nitrogen and oxygen atoms in total. The lowest BCUT2D eigenvalue weighted by Crippen LogP contribution is -2.51. The van der Waals surface area contributed by atoms with Crippen LogP contribution < -0.4 is 0 Å². The highest BCUT2D eigenvalue weighted by Crippen LogP contribution is 2.17. The summed E-state index contributed by atoms with van der Waals surface area (Å²) in [6.45, 7) is 2.97. The van der Waals surface area contributed by atoms with Gasteiger partial charge in [0.15, 0.2) is 6.61 Å². The van der Waals surface area contributed by atoms with Crippen LogP contribution in [0.15, 0.2) is 64.6 Å². The molecule has 0 aromatic heterocycles. The highest BCUT2D eigenvalue weighted by molar-refractivity contribution is 7.89. The zero-order valence-corrected chi connectivity index (χ0v) is 16.5. The molecule has 1 saturated heterocycles. The van der Waals surface area contributed by atoms with E-state index in [2.05, 4.69) is 5.16 Å². The van der Waals surface area contributed by atoms with Crippen molar-refractivity contribution >= 4 is 22.1 Å². The fourth-order valence-electron chi connectivity index (χ4n) is 2.93. The summed E-state index contributed by atoms with van der Waals surface area (Å²) in [6.07, 6.45) is 1.58. The van der Waals surface area contributed by atoms with Crippen molar-refractivity contribution in [2.45, 2.75) is 11.8 Å². The summed E-state index contributed by atoms with van der Waals surface area (Å²) in [6, 6.07) is 16.0. The van der Waals surface area contributed by atoms with Gasteiger partial charge in [0.2, 0.25) is 10.0 Å². The number of oxime groups is 1. The van der Waals surface area contributed by atoms with Gasteiger partial charge in [0.05, 0.1) is 11.1 Å². The Labute approximate surface area is 165 Å². The molecule has 1 fully saturated rings. The van der Waals surface area contributed by atoms with E-state index in [1.807, 2.05) is 31.2 Å². The van der Waals surface area contributed by atoms with E-state index >= 15 is 0 Å². The number of sulfonamides is 1. The molecular weight excluding hydrogens is 378 g/mol. The van der Waals surface area contributed by atoms with Crippen LogP contribution in [0.25, 0.3) is 0 Å². The van der Waals surface area contributed by atoms with E-state index in [1.165, 1.54) is 4.31 Å². The first-order valence-electron chi connectivity index (χ1n) is 9.02. The number of carbonyl (C=O) groups excluding carboxylic acids is 1. The summed E-state index contributed by atoms with van der Waals surface area (Å²) >= 11 is 0. The number of hydrogen-bond donors (Lipinski definition) is 0. The van der Waals surface area contributed by atoms with Gasteiger partial charge in [-0.05, 0) is 30.2 Å². The number of carbonyl (C=O) groups is 1. The van der Waals surface area contributed by atoms with Crippen molar-refractivity contribution in [3.63, 3.8) is 0 Å². The second-order valence-electron chi connectivity index (χ2n) is 6.46. The molecular formula is C20H23N3O4S. The van der Waals surface area contributed by atoms with Crippen LogP contribution in [0.1, 0.15) is 11.1 Å². The van der Waals surface area contributed by atoms with Gasteiger partial charge in [0.1, 0.15) is 0 Å². The van der Waals surface area contributed by atoms with Crippen LogP contribution in [0.3, 0.4) is 0 Å². The number of piperazine rings is 1. The van der Waals surface area contributed by atoms with Gasteiger partial charge in [0, 0.05) is 26.2 Å². The molecule has 2 aromatic carbocycles. The highest BCUT2D eigenvalue weighted by Gasteiger charge is 2.30. The smallest absolute Gasteiger partial charge is 0.263 e. The number of benzene rings is 2. The monoisotopic (exact) mass is 401 g/mol. The van der Waals surface area contributed by atoms with Crippen LogP contribution in [-0.2, 0) is 19.7 Å². The zero-order chi connectivity index (χ0) is 20.0. The van der Waals surface area contributed by atoms with Crippen LogP contribution >= 0.6 is 0 Å². The van der Waals surface area contributed by atoms with E-state index in [9.17, 15) is 13.2 Å². The van der Waals surface area contributed by atoms with Crippen LogP contribution in [0.2, 0.25) is 0 Å². The van der Waals surface area contributed by atoms with E-state index in [0.29, 0.717) is 13.1 Å². The van der Waals surface area contributed by atoms with Crippen LogP contribution in [0.4, 0.5) is 0 Å². The summed E-state index contributed by atoms with van der Waals surface area (Å²) in [4.78, 5) is 19.2. The third-order valence-corrected chi connectivity index (χ3v) is 6.53. The average Bonchev–Trinajstić information content (AvgIpc) is 2.73. The second kappa shape index (κ2) is 8.99. The maximum atomic E-state index is 12.6. The highest BCUT2D eigenvalue weighted by atomic mass is 32.2. The Morgan fingerprint density at radius 2 is 1.68 bits per heavy atom. The van der Waals surface area contributed by atoms with Crippen molar-refractivity contribution in [2.75, 3.05) is 32.8 Å². The molecule has 3 rings (SSSR count). The SMILES string of the molecule is Cc1ccccc1/C=N\OCC(=O)N1CCN(S(=O)(=O)c2ccccc2)CC1. The first-order chi connectivity index (χ1) is 13.5. The minimum Gasteiger partial charge on any atom is -0.386 e. The molecule has 148 valence electrons. The minimum absolute atomic E-state index is 0.173. The summed E-state index contributed by atoms with van der Waals surface area (Å²) in [5, 5.41) is 3.85. The summed E-state index contributed by atoms with van der Waals surface area (Å²) in [5.41, 5.74) is 1.99. The Balaban J connectivity index is 1.48. The van der Waals surface area contributed by atoms with Gasteiger partial charge < -0.3 is 9.74 Å². The van der Waals surface area contributed by atoms with Gasteiger partial charge >= 0.3 is 0 Å². The van der Waals surface area contributed by atoms with Gasteiger partial charge in [-0.15, -0.1) is 0 Å². The average molecular weight is 401 g/mol. The third-order valence-electron chi connectivity index (χ3n) is 4.62. The largest absolute Gasteiger partial charge is 0.386 e. The Morgan fingerprint density at radius 3 is 2.36 bits per heavy atom. The first kappa shape index (κ1) is 20.0. The lowest BCUT2D eigenvalue weighted by Gasteiger charge is -2.33. The number of rotatable bonds is 6. The Bertz CT molecular complexity index is 937. The summed E-state index contributed by atoms with van der Waals surface area (Å²) in [5.74, 6) is -0.210. The van der Waals surface area contributed by atoms with Gasteiger partial charge in [-0.3, -0.25) is 4.79 Å². The Morgan fingerprint density at radius 1 is 1.04 bits per heavy atom. The van der Waals surface area contributed by atoms with Crippen LogP contribution in [0, 0.1) is 6.92 Å². The second-order valence-corrected chi connectivity index (χ2v) is 8.40. The van der Waals surface area contributed by atoms with Crippen molar-refractivity contribution in [3.05, 3.63) is 65.7 Å². The van der Waals surface area contributed by atoms with Crippen LogP contribution in [-0.4, -0.2) is 62.5 Å². The molecule has 1 aliphatic rings. The molecule has 0 radical (unpaired) electrons. The number of hydrogen-bond acceptors (Lipinski definition) is 5. The zero-order valence-electron chi connectivity index (χ0n) is 15.7. The molecule has 8 heteroatoms. The number of nitrogens with zero attached hydrogens (tertiary/aromatic N) is 3. The van der Waals surface area contributed by atoms with Crippen molar-refractivity contribution < 1.29 is 18.0 Å². The maximum Gasteiger partial charge on any atom is 0.263 e. The van der Waals surface area contributed by atoms with E-state index in [1.54, 1.807) is 41.4 Å². The third kappa shape index (κ3) is 4.76. The first-order valence-corrected chi connectivity index (χ1v) is 10.5. The topological polar surface area (TPSA) is 79.3 Å². The fourth-order valence-corrected chi connectivity index (χ4v) is 4.37. The van der Waals surface area contributed by atoms with E-state index < -0.39 is 10.0 Å². The van der Waals surface area contributed by atoms with Gasteiger partial charge in [-0.1, -0.05) is 47.6 Å². The molecule has 0 atom stereocenters. The molecule has 0 aliphatic carbocycles. The lowest BCUT2D eigenvalue weighted by molar-refractivity contribution is -0.137. The Hall–Kier alpha value is -2.71. The van der Waals surface area contributed by atoms with Gasteiger partial charge in [0.25, 0.3) is 5.91 Å². The summed E-state index contributed by atoms with van der Waals surface area (Å²) < 4.78 is 26.6. The molecule has 2 aromatic rings. The van der Waals surface area contributed by atoms with Crippen molar-refractivity contribution in [1.29, 1.82) is 0 Å². The van der Waals surface area contributed by atoms with Crippen LogP contribution in [0.5, 0.6) is 0 Å². The van der Waals surface area contributed by atoms with E-state index in [-0.39, 0.29) is 30.5 Å². The minimum atomic E-state index is -3.53. The molecule has 0 spiro atoms. The molecule has 1 heterocycles. The van der Waals surface area contributed by atoms with Crippen molar-refractivity contribution in [2.24, 2.45) is 5.16 Å². The predicted octanol–water partition coefficient (Wildman–Crippen LogP) is 1.88. The quantitative estimate of drug-likeness (QED) is 0.547. The molecule has 0 N–H and O–H groups in total. The lowest BCUT2D eigenvalue weighted by atomic mass is 10.1. The maximum absolute atomic E-state index is 12.6. The Kier molecular flexibility index (Phi) is 6.43. The molecule has 0 unspecified atom stereocenters. The molecule has 1 aliphatic heterocycles. The fraction of sp³-hybridized carbons (Fsp3) is 0.300. The standard InChI is InChI=1S/C20H23N3O4S/c1-17-7-5-6-8-18(17)15-21-27-16-20(24)22-11-13-23(14-12-22)28(25,26)19-9-3-2-4-10-19/h2-10,15H,11-14,16H2,1H3/b21-15-. The van der Waals surface area contributed by atoms with Gasteiger partial charge in [-0.25, -0.2) is 8.42 Å². The van der Waals surface area contributed by atoms with Crippen molar-refractivity contribution in [3.8, 4) is 0 Å². The molecule has 1 amide bonds. The normalized spacial score (nSPS) is 15.7. The number of amides is 1. The van der Waals surface area contributed by atoms with Gasteiger partial charge in [-0.2, -0.15) is 4.31 Å². The van der Waals surface area contributed by atoms with Crippen molar-refractivity contribution in [1.82, 2.24) is 9.21 Å². The van der Waals surface area contributed by atoms with E-state index in [4.69, 9.17) is 4.84 Å². The van der Waals surface area contributed by atoms with E-state index in [0.717, 1.165) is 11.1 Å². The molecule has 0 saturated carbocycles. The molecule has 28 heavy (non-hydrogen) atoms. The summed E-state index contributed by atoms with van der Waals surface area (Å²) in [7, 11) is -3.53. The molecule has 0 bridgehead atoms. The number of aryl methyl sites for hydroxylation is 1. The predicted molar refractivity (Wildman–Crippen MR) is 107 cm³/mol.